The van der Waals surface area contributed by atoms with Crippen molar-refractivity contribution in [2.24, 2.45) is 0 Å². The highest BCUT2D eigenvalue weighted by atomic mass is 16.3. The predicted octanol–water partition coefficient (Wildman–Crippen LogP) is 2.35. The molecule has 2 rings (SSSR count). The average molecular weight is 243 g/mol. The monoisotopic (exact) mass is 243 g/mol. The van der Waals surface area contributed by atoms with Crippen LogP contribution in [0.3, 0.4) is 0 Å². The SMILES string of the molecule is CC(C)NCc1cnc(-c2ccc(O)cc2)nc1. The summed E-state index contributed by atoms with van der Waals surface area (Å²) in [6.07, 6.45) is 3.65. The van der Waals surface area contributed by atoms with E-state index in [2.05, 4.69) is 29.1 Å². The van der Waals surface area contributed by atoms with Crippen molar-refractivity contribution < 1.29 is 5.11 Å². The Morgan fingerprint density at radius 3 is 2.28 bits per heavy atom. The standard InChI is InChI=1S/C14H17N3O/c1-10(2)15-7-11-8-16-14(17-9-11)12-3-5-13(18)6-4-12/h3-6,8-10,15,18H,7H2,1-2H3. The van der Waals surface area contributed by atoms with Gasteiger partial charge in [0.25, 0.3) is 0 Å². The smallest absolute Gasteiger partial charge is 0.159 e. The number of phenols is 1. The first-order chi connectivity index (χ1) is 8.65. The highest BCUT2D eigenvalue weighted by Gasteiger charge is 2.02. The van der Waals surface area contributed by atoms with Crippen LogP contribution in [0.25, 0.3) is 11.4 Å². The lowest BCUT2D eigenvalue weighted by atomic mass is 10.2. The number of aromatic hydroxyl groups is 1. The molecule has 0 spiro atoms. The summed E-state index contributed by atoms with van der Waals surface area (Å²) >= 11 is 0. The molecule has 0 amide bonds. The summed E-state index contributed by atoms with van der Waals surface area (Å²) in [6, 6.07) is 7.31. The second kappa shape index (κ2) is 5.60. The number of aromatic nitrogens is 2. The van der Waals surface area contributed by atoms with Crippen LogP contribution in [-0.4, -0.2) is 21.1 Å². The van der Waals surface area contributed by atoms with Gasteiger partial charge in [0, 0.05) is 36.1 Å². The number of hydrogen-bond acceptors (Lipinski definition) is 4. The number of phenolic OH excluding ortho intramolecular Hbond substituents is 1. The zero-order valence-electron chi connectivity index (χ0n) is 10.6. The van der Waals surface area contributed by atoms with Crippen LogP contribution < -0.4 is 5.32 Å². The second-order valence-electron chi connectivity index (χ2n) is 4.50. The highest BCUT2D eigenvalue weighted by Crippen LogP contribution is 2.17. The van der Waals surface area contributed by atoms with Crippen LogP contribution in [0.15, 0.2) is 36.7 Å². The van der Waals surface area contributed by atoms with Crippen LogP contribution >= 0.6 is 0 Å². The molecule has 2 aromatic rings. The van der Waals surface area contributed by atoms with Gasteiger partial charge in [-0.25, -0.2) is 9.97 Å². The lowest BCUT2D eigenvalue weighted by Crippen LogP contribution is -2.21. The van der Waals surface area contributed by atoms with E-state index in [1.807, 2.05) is 12.4 Å². The normalized spacial score (nSPS) is 10.8. The van der Waals surface area contributed by atoms with Gasteiger partial charge in [-0.15, -0.1) is 0 Å². The summed E-state index contributed by atoms with van der Waals surface area (Å²) in [5.74, 6) is 0.916. The van der Waals surface area contributed by atoms with Crippen LogP contribution in [-0.2, 0) is 6.54 Å². The largest absolute Gasteiger partial charge is 0.508 e. The molecule has 4 nitrogen and oxygen atoms in total. The Labute approximate surface area is 107 Å². The molecule has 1 aromatic heterocycles. The first-order valence-electron chi connectivity index (χ1n) is 5.99. The van der Waals surface area contributed by atoms with Crippen LogP contribution in [0.5, 0.6) is 5.75 Å². The molecule has 1 aromatic carbocycles. The topological polar surface area (TPSA) is 58.0 Å². The maximum Gasteiger partial charge on any atom is 0.159 e. The number of nitrogens with one attached hydrogen (secondary N) is 1. The number of rotatable bonds is 4. The average Bonchev–Trinajstić information content (AvgIpc) is 2.38. The van der Waals surface area contributed by atoms with E-state index in [1.165, 1.54) is 0 Å². The van der Waals surface area contributed by atoms with Crippen molar-refractivity contribution in [1.82, 2.24) is 15.3 Å². The van der Waals surface area contributed by atoms with E-state index in [1.54, 1.807) is 24.3 Å². The summed E-state index contributed by atoms with van der Waals surface area (Å²) in [5, 5.41) is 12.5. The van der Waals surface area contributed by atoms with Crippen LogP contribution in [0.2, 0.25) is 0 Å². The third kappa shape index (κ3) is 3.28. The van der Waals surface area contributed by atoms with Gasteiger partial charge in [0.15, 0.2) is 5.82 Å². The van der Waals surface area contributed by atoms with E-state index >= 15 is 0 Å². The minimum atomic E-state index is 0.247. The van der Waals surface area contributed by atoms with Gasteiger partial charge in [-0.1, -0.05) is 13.8 Å². The minimum Gasteiger partial charge on any atom is -0.508 e. The summed E-state index contributed by atoms with van der Waals surface area (Å²) < 4.78 is 0. The minimum absolute atomic E-state index is 0.247. The van der Waals surface area contributed by atoms with Gasteiger partial charge >= 0.3 is 0 Å². The van der Waals surface area contributed by atoms with E-state index in [0.717, 1.165) is 17.7 Å². The Hall–Kier alpha value is -1.94. The molecule has 0 saturated heterocycles. The van der Waals surface area contributed by atoms with Gasteiger partial charge < -0.3 is 10.4 Å². The van der Waals surface area contributed by atoms with Crippen LogP contribution in [0.1, 0.15) is 19.4 Å². The molecule has 1 heterocycles. The van der Waals surface area contributed by atoms with E-state index < -0.39 is 0 Å². The molecule has 2 N–H and O–H groups in total. The van der Waals surface area contributed by atoms with Crippen molar-refractivity contribution in [2.75, 3.05) is 0 Å². The van der Waals surface area contributed by atoms with Crippen molar-refractivity contribution in [3.05, 3.63) is 42.2 Å². The molecular weight excluding hydrogens is 226 g/mol. The van der Waals surface area contributed by atoms with E-state index in [9.17, 15) is 5.11 Å². The van der Waals surface area contributed by atoms with E-state index in [0.29, 0.717) is 11.9 Å². The quantitative estimate of drug-likeness (QED) is 0.865. The Kier molecular flexibility index (Phi) is 3.89. The third-order valence-electron chi connectivity index (χ3n) is 2.55. The first kappa shape index (κ1) is 12.5. The van der Waals surface area contributed by atoms with Gasteiger partial charge in [-0.2, -0.15) is 0 Å². The Morgan fingerprint density at radius 2 is 1.72 bits per heavy atom. The van der Waals surface area contributed by atoms with Crippen molar-refractivity contribution in [3.8, 4) is 17.1 Å². The molecule has 94 valence electrons. The molecule has 0 unspecified atom stereocenters. The maximum atomic E-state index is 9.22. The van der Waals surface area contributed by atoms with Gasteiger partial charge in [-0.3, -0.25) is 0 Å². The molecule has 0 radical (unpaired) electrons. The second-order valence-corrected chi connectivity index (χ2v) is 4.50. The van der Waals surface area contributed by atoms with Gasteiger partial charge in [-0.05, 0) is 24.3 Å². The molecule has 0 saturated carbocycles. The number of benzene rings is 1. The fourth-order valence-electron chi connectivity index (χ4n) is 1.53. The Bertz CT molecular complexity index is 491. The van der Waals surface area contributed by atoms with Gasteiger partial charge in [0.1, 0.15) is 5.75 Å². The van der Waals surface area contributed by atoms with Crippen molar-refractivity contribution in [1.29, 1.82) is 0 Å². The van der Waals surface area contributed by atoms with Crippen LogP contribution in [0, 0.1) is 0 Å². The van der Waals surface area contributed by atoms with Crippen molar-refractivity contribution in [3.63, 3.8) is 0 Å². The van der Waals surface area contributed by atoms with Gasteiger partial charge in [0.2, 0.25) is 0 Å². The lowest BCUT2D eigenvalue weighted by Gasteiger charge is -2.07. The number of nitrogens with zero attached hydrogens (tertiary/aromatic N) is 2. The van der Waals surface area contributed by atoms with Crippen molar-refractivity contribution in [2.45, 2.75) is 26.4 Å². The fraction of sp³-hybridized carbons (Fsp3) is 0.286. The summed E-state index contributed by atoms with van der Waals surface area (Å²) in [5.41, 5.74) is 1.96. The van der Waals surface area contributed by atoms with E-state index in [4.69, 9.17) is 0 Å². The van der Waals surface area contributed by atoms with E-state index in [-0.39, 0.29) is 5.75 Å². The summed E-state index contributed by atoms with van der Waals surface area (Å²) in [6.45, 7) is 4.98. The summed E-state index contributed by atoms with van der Waals surface area (Å²) in [7, 11) is 0. The Morgan fingerprint density at radius 1 is 1.11 bits per heavy atom. The molecule has 18 heavy (non-hydrogen) atoms. The molecule has 4 heteroatoms. The van der Waals surface area contributed by atoms with Crippen molar-refractivity contribution >= 4 is 0 Å². The first-order valence-corrected chi connectivity index (χ1v) is 5.99. The highest BCUT2D eigenvalue weighted by molar-refractivity contribution is 5.55. The zero-order chi connectivity index (χ0) is 13.0. The molecule has 0 bridgehead atoms. The fourth-order valence-corrected chi connectivity index (χ4v) is 1.53. The molecular formula is C14H17N3O. The molecule has 0 atom stereocenters. The molecule has 0 aliphatic heterocycles. The molecule has 0 fully saturated rings. The zero-order valence-corrected chi connectivity index (χ0v) is 10.6. The molecule has 0 aliphatic rings. The number of hydrogen-bond donors (Lipinski definition) is 2. The Balaban J connectivity index is 2.09. The third-order valence-corrected chi connectivity index (χ3v) is 2.55. The molecule has 0 aliphatic carbocycles. The maximum absolute atomic E-state index is 9.22. The van der Waals surface area contributed by atoms with Gasteiger partial charge in [0.05, 0.1) is 0 Å². The van der Waals surface area contributed by atoms with Crippen LogP contribution in [0.4, 0.5) is 0 Å². The summed E-state index contributed by atoms with van der Waals surface area (Å²) in [4.78, 5) is 8.65. The lowest BCUT2D eigenvalue weighted by molar-refractivity contribution is 0.475. The predicted molar refractivity (Wildman–Crippen MR) is 71.1 cm³/mol.